The molecular weight excluding hydrogens is 356 g/mol. The molecule has 1 heterocycles. The van der Waals surface area contributed by atoms with E-state index in [4.69, 9.17) is 9.47 Å². The van der Waals surface area contributed by atoms with Crippen LogP contribution in [0.25, 0.3) is 0 Å². The third-order valence-electron chi connectivity index (χ3n) is 5.57. The SMILES string of the molecule is COc1cccc2c1C(=O)c1c(OC)cc(CN3CCN(C)CC3)cc1C2=O. The highest BCUT2D eigenvalue weighted by Gasteiger charge is 2.35. The van der Waals surface area contributed by atoms with Crippen molar-refractivity contribution in [1.82, 2.24) is 9.80 Å². The average Bonchev–Trinajstić information content (AvgIpc) is 2.72. The summed E-state index contributed by atoms with van der Waals surface area (Å²) < 4.78 is 10.9. The fraction of sp³-hybridized carbons (Fsp3) is 0.364. The molecule has 6 heteroatoms. The van der Waals surface area contributed by atoms with E-state index in [-0.39, 0.29) is 11.6 Å². The summed E-state index contributed by atoms with van der Waals surface area (Å²) >= 11 is 0. The fourth-order valence-corrected chi connectivity index (χ4v) is 4.00. The highest BCUT2D eigenvalue weighted by molar-refractivity contribution is 6.30. The number of hydrogen-bond donors (Lipinski definition) is 0. The lowest BCUT2D eigenvalue weighted by atomic mass is 9.82. The van der Waals surface area contributed by atoms with E-state index in [0.717, 1.165) is 38.3 Å². The molecular formula is C22H24N2O4. The van der Waals surface area contributed by atoms with Gasteiger partial charge in [-0.25, -0.2) is 0 Å². The number of hydrogen-bond acceptors (Lipinski definition) is 6. The van der Waals surface area contributed by atoms with Crippen molar-refractivity contribution in [1.29, 1.82) is 0 Å². The molecule has 0 N–H and O–H groups in total. The Morgan fingerprint density at radius 1 is 0.857 bits per heavy atom. The highest BCUT2D eigenvalue weighted by Crippen LogP contribution is 2.38. The molecule has 0 bridgehead atoms. The van der Waals surface area contributed by atoms with Crippen molar-refractivity contribution >= 4 is 11.6 Å². The number of ether oxygens (including phenoxy) is 2. The maximum absolute atomic E-state index is 13.2. The third kappa shape index (κ3) is 3.08. The number of rotatable bonds is 4. The van der Waals surface area contributed by atoms with Crippen LogP contribution in [0.4, 0.5) is 0 Å². The smallest absolute Gasteiger partial charge is 0.201 e. The van der Waals surface area contributed by atoms with E-state index >= 15 is 0 Å². The lowest BCUT2D eigenvalue weighted by molar-refractivity contribution is 0.0973. The monoisotopic (exact) mass is 380 g/mol. The Bertz CT molecular complexity index is 946. The van der Waals surface area contributed by atoms with E-state index in [1.54, 1.807) is 18.2 Å². The number of likely N-dealkylation sites (N-methyl/N-ethyl adjacent to an activating group) is 1. The van der Waals surface area contributed by atoms with Crippen molar-refractivity contribution in [2.45, 2.75) is 6.54 Å². The summed E-state index contributed by atoms with van der Waals surface area (Å²) in [7, 11) is 5.15. The molecule has 2 aliphatic rings. The van der Waals surface area contributed by atoms with Crippen LogP contribution < -0.4 is 9.47 Å². The number of carbonyl (C=O) groups is 2. The molecule has 0 saturated carbocycles. The topological polar surface area (TPSA) is 59.1 Å². The molecule has 0 unspecified atom stereocenters. The standard InChI is InChI=1S/C22H24N2O4/c1-23-7-9-24(10-8-23)13-14-11-16-20(18(12-14)28-3)22(26)19-15(21(16)25)5-4-6-17(19)27-2/h4-6,11-12H,7-10,13H2,1-3H3. The molecule has 2 aromatic rings. The van der Waals surface area contributed by atoms with Crippen molar-refractivity contribution in [3.05, 3.63) is 58.1 Å². The van der Waals surface area contributed by atoms with Gasteiger partial charge in [-0.15, -0.1) is 0 Å². The first kappa shape index (κ1) is 18.7. The molecule has 0 aromatic heterocycles. The normalized spacial score (nSPS) is 17.2. The summed E-state index contributed by atoms with van der Waals surface area (Å²) in [5.41, 5.74) is 2.41. The Labute approximate surface area is 164 Å². The largest absolute Gasteiger partial charge is 0.496 e. The minimum absolute atomic E-state index is 0.165. The second-order valence-electron chi connectivity index (χ2n) is 7.34. The molecule has 4 rings (SSSR count). The molecule has 0 atom stereocenters. The van der Waals surface area contributed by atoms with Crippen molar-refractivity contribution in [3.63, 3.8) is 0 Å². The van der Waals surface area contributed by atoms with E-state index in [0.29, 0.717) is 33.8 Å². The lowest BCUT2D eigenvalue weighted by Gasteiger charge is -2.32. The molecule has 28 heavy (non-hydrogen) atoms. The molecule has 1 saturated heterocycles. The van der Waals surface area contributed by atoms with E-state index in [1.807, 2.05) is 12.1 Å². The predicted molar refractivity (Wildman–Crippen MR) is 106 cm³/mol. The zero-order valence-corrected chi connectivity index (χ0v) is 16.4. The Hall–Kier alpha value is -2.70. The van der Waals surface area contributed by atoms with Crippen LogP contribution in [0.1, 0.15) is 37.4 Å². The Morgan fingerprint density at radius 3 is 2.21 bits per heavy atom. The third-order valence-corrected chi connectivity index (χ3v) is 5.57. The van der Waals surface area contributed by atoms with Gasteiger partial charge in [0.25, 0.3) is 0 Å². The van der Waals surface area contributed by atoms with Gasteiger partial charge in [0.1, 0.15) is 11.5 Å². The minimum Gasteiger partial charge on any atom is -0.496 e. The summed E-state index contributed by atoms with van der Waals surface area (Å²) in [4.78, 5) is 31.1. The van der Waals surface area contributed by atoms with E-state index in [1.165, 1.54) is 14.2 Å². The van der Waals surface area contributed by atoms with Crippen molar-refractivity contribution in [3.8, 4) is 11.5 Å². The summed E-state index contributed by atoms with van der Waals surface area (Å²) in [6, 6.07) is 8.84. The van der Waals surface area contributed by atoms with Gasteiger partial charge in [0.05, 0.1) is 25.3 Å². The first-order valence-corrected chi connectivity index (χ1v) is 9.41. The van der Waals surface area contributed by atoms with Gasteiger partial charge < -0.3 is 14.4 Å². The number of piperazine rings is 1. The number of carbonyl (C=O) groups excluding carboxylic acids is 2. The van der Waals surface area contributed by atoms with Crippen LogP contribution in [0, 0.1) is 0 Å². The molecule has 0 amide bonds. The quantitative estimate of drug-likeness (QED) is 0.692. The van der Waals surface area contributed by atoms with Crippen molar-refractivity contribution in [2.24, 2.45) is 0 Å². The van der Waals surface area contributed by atoms with Gasteiger partial charge >= 0.3 is 0 Å². The maximum atomic E-state index is 13.2. The minimum atomic E-state index is -0.231. The summed E-state index contributed by atoms with van der Waals surface area (Å²) in [5, 5.41) is 0. The first-order valence-electron chi connectivity index (χ1n) is 9.41. The van der Waals surface area contributed by atoms with Crippen LogP contribution in [0.2, 0.25) is 0 Å². The molecule has 0 radical (unpaired) electrons. The molecule has 146 valence electrons. The van der Waals surface area contributed by atoms with Crippen LogP contribution in [0.5, 0.6) is 11.5 Å². The van der Waals surface area contributed by atoms with Crippen LogP contribution in [0.15, 0.2) is 30.3 Å². The molecule has 1 aliphatic heterocycles. The Balaban J connectivity index is 1.75. The summed E-state index contributed by atoms with van der Waals surface area (Å²) in [6.07, 6.45) is 0. The molecule has 1 aliphatic carbocycles. The lowest BCUT2D eigenvalue weighted by Crippen LogP contribution is -2.43. The van der Waals surface area contributed by atoms with Crippen molar-refractivity contribution in [2.75, 3.05) is 47.4 Å². The van der Waals surface area contributed by atoms with Gasteiger partial charge in [-0.05, 0) is 30.8 Å². The second kappa shape index (κ2) is 7.37. The van der Waals surface area contributed by atoms with Gasteiger partial charge in [0.15, 0.2) is 5.78 Å². The maximum Gasteiger partial charge on any atom is 0.201 e. The van der Waals surface area contributed by atoms with E-state index in [2.05, 4.69) is 16.8 Å². The Kier molecular flexibility index (Phi) is 4.91. The Morgan fingerprint density at radius 2 is 1.54 bits per heavy atom. The number of methoxy groups -OCH3 is 2. The van der Waals surface area contributed by atoms with Crippen LogP contribution >= 0.6 is 0 Å². The van der Waals surface area contributed by atoms with Crippen LogP contribution in [-0.4, -0.2) is 68.8 Å². The second-order valence-corrected chi connectivity index (χ2v) is 7.34. The van der Waals surface area contributed by atoms with Gasteiger partial charge in [-0.2, -0.15) is 0 Å². The number of ketones is 2. The van der Waals surface area contributed by atoms with Gasteiger partial charge in [0, 0.05) is 43.9 Å². The van der Waals surface area contributed by atoms with Gasteiger partial charge in [0.2, 0.25) is 5.78 Å². The van der Waals surface area contributed by atoms with Gasteiger partial charge in [-0.1, -0.05) is 12.1 Å². The van der Waals surface area contributed by atoms with Crippen molar-refractivity contribution < 1.29 is 19.1 Å². The fourth-order valence-electron chi connectivity index (χ4n) is 4.00. The van der Waals surface area contributed by atoms with E-state index in [9.17, 15) is 9.59 Å². The number of fused-ring (bicyclic) bond motifs is 2. The summed E-state index contributed by atoms with van der Waals surface area (Å²) in [5.74, 6) is 0.452. The predicted octanol–water partition coefficient (Wildman–Crippen LogP) is 2.23. The molecule has 1 fully saturated rings. The first-order chi connectivity index (χ1) is 13.5. The highest BCUT2D eigenvalue weighted by atomic mass is 16.5. The van der Waals surface area contributed by atoms with Gasteiger partial charge in [-0.3, -0.25) is 14.5 Å². The summed E-state index contributed by atoms with van der Waals surface area (Å²) in [6.45, 7) is 4.72. The van der Waals surface area contributed by atoms with E-state index < -0.39 is 0 Å². The molecule has 6 nitrogen and oxygen atoms in total. The van der Waals surface area contributed by atoms with Crippen LogP contribution in [0.3, 0.4) is 0 Å². The average molecular weight is 380 g/mol. The zero-order valence-electron chi connectivity index (χ0n) is 16.4. The zero-order chi connectivity index (χ0) is 19.8. The number of benzene rings is 2. The molecule has 0 spiro atoms. The molecule has 2 aromatic carbocycles. The number of nitrogens with zero attached hydrogens (tertiary/aromatic N) is 2. The van der Waals surface area contributed by atoms with Crippen LogP contribution in [-0.2, 0) is 6.54 Å².